The third kappa shape index (κ3) is 3.10. The van der Waals surface area contributed by atoms with Gasteiger partial charge in [-0.2, -0.15) is 0 Å². The van der Waals surface area contributed by atoms with Crippen molar-refractivity contribution in [2.75, 3.05) is 6.54 Å². The number of aryl methyl sites for hydroxylation is 1. The minimum atomic E-state index is -0.356. The largest absolute Gasteiger partial charge is 0.339 e. The fourth-order valence-electron chi connectivity index (χ4n) is 2.56. The van der Waals surface area contributed by atoms with Crippen LogP contribution >= 0.6 is 0 Å². The van der Waals surface area contributed by atoms with Gasteiger partial charge in [-0.3, -0.25) is 4.79 Å². The maximum Gasteiger partial charge on any atom is 0.239 e. The Hall–Kier alpha value is -1.35. The summed E-state index contributed by atoms with van der Waals surface area (Å²) in [6.07, 6.45) is 3.82. The number of hydrogen-bond acceptors (Lipinski definition) is 2. The van der Waals surface area contributed by atoms with Crippen LogP contribution in [0.15, 0.2) is 30.3 Å². The molecule has 3 nitrogen and oxygen atoms in total. The van der Waals surface area contributed by atoms with Crippen molar-refractivity contribution >= 4 is 5.91 Å². The maximum absolute atomic E-state index is 12.2. The van der Waals surface area contributed by atoms with E-state index in [0.29, 0.717) is 6.04 Å². The summed E-state index contributed by atoms with van der Waals surface area (Å²) in [6.45, 7) is 2.98. The van der Waals surface area contributed by atoms with Crippen LogP contribution in [0.5, 0.6) is 0 Å². The second-order valence-corrected chi connectivity index (χ2v) is 5.15. The van der Waals surface area contributed by atoms with Crippen LogP contribution in [0.25, 0.3) is 0 Å². The zero-order valence-electron chi connectivity index (χ0n) is 11.0. The van der Waals surface area contributed by atoms with E-state index in [1.54, 1.807) is 0 Å². The monoisotopic (exact) mass is 246 g/mol. The minimum Gasteiger partial charge on any atom is -0.339 e. The number of carbonyl (C=O) groups is 1. The first kappa shape index (κ1) is 13.1. The van der Waals surface area contributed by atoms with Gasteiger partial charge in [-0.25, -0.2) is 0 Å². The van der Waals surface area contributed by atoms with Gasteiger partial charge >= 0.3 is 0 Å². The molecule has 1 aliphatic heterocycles. The Kier molecular flexibility index (Phi) is 4.37. The molecule has 1 heterocycles. The fourth-order valence-corrected chi connectivity index (χ4v) is 2.56. The number of rotatable bonds is 4. The number of nitrogens with two attached hydrogens (primary N) is 1. The molecule has 1 aliphatic rings. The Labute approximate surface area is 109 Å². The van der Waals surface area contributed by atoms with E-state index in [-0.39, 0.29) is 11.9 Å². The van der Waals surface area contributed by atoms with Crippen LogP contribution in [-0.2, 0) is 11.2 Å². The number of likely N-dealkylation sites (tertiary alicyclic amines) is 1. The molecule has 1 amide bonds. The van der Waals surface area contributed by atoms with Crippen LogP contribution in [-0.4, -0.2) is 29.4 Å². The van der Waals surface area contributed by atoms with Crippen molar-refractivity contribution < 1.29 is 4.79 Å². The number of amides is 1. The molecule has 18 heavy (non-hydrogen) atoms. The van der Waals surface area contributed by atoms with Crippen molar-refractivity contribution in [2.24, 2.45) is 5.73 Å². The zero-order valence-corrected chi connectivity index (χ0v) is 11.0. The molecular weight excluding hydrogens is 224 g/mol. The quantitative estimate of drug-likeness (QED) is 0.882. The summed E-state index contributed by atoms with van der Waals surface area (Å²) in [5, 5.41) is 0. The Bertz CT molecular complexity index is 391. The maximum atomic E-state index is 12.2. The Morgan fingerprint density at radius 1 is 1.44 bits per heavy atom. The molecule has 0 aromatic heterocycles. The topological polar surface area (TPSA) is 46.3 Å². The van der Waals surface area contributed by atoms with Crippen molar-refractivity contribution in [3.8, 4) is 0 Å². The molecule has 0 spiro atoms. The van der Waals surface area contributed by atoms with E-state index < -0.39 is 0 Å². The lowest BCUT2D eigenvalue weighted by Gasteiger charge is -2.24. The summed E-state index contributed by atoms with van der Waals surface area (Å²) in [6, 6.07) is 10.2. The van der Waals surface area contributed by atoms with Gasteiger partial charge in [-0.1, -0.05) is 30.3 Å². The molecule has 1 aromatic rings. The molecular formula is C15H22N2O. The van der Waals surface area contributed by atoms with E-state index in [9.17, 15) is 4.79 Å². The van der Waals surface area contributed by atoms with E-state index in [1.807, 2.05) is 23.1 Å². The van der Waals surface area contributed by atoms with Crippen molar-refractivity contribution in [2.45, 2.75) is 44.7 Å². The van der Waals surface area contributed by atoms with Crippen LogP contribution in [0.3, 0.4) is 0 Å². The lowest BCUT2D eigenvalue weighted by atomic mass is 10.0. The molecule has 3 heteroatoms. The van der Waals surface area contributed by atoms with Crippen molar-refractivity contribution in [1.29, 1.82) is 0 Å². The molecule has 1 saturated heterocycles. The summed E-state index contributed by atoms with van der Waals surface area (Å²) < 4.78 is 0. The highest BCUT2D eigenvalue weighted by molar-refractivity contribution is 5.82. The SMILES string of the molecule is CC1CCCN1C(=O)C(N)CCc1ccccc1. The van der Waals surface area contributed by atoms with E-state index >= 15 is 0 Å². The standard InChI is InChI=1S/C15H22N2O/c1-12-6-5-11-17(12)15(18)14(16)10-9-13-7-3-2-4-8-13/h2-4,7-8,12,14H,5-6,9-11,16H2,1H3. The molecule has 0 aliphatic carbocycles. The normalized spacial score (nSPS) is 21.0. The first-order chi connectivity index (χ1) is 8.68. The van der Waals surface area contributed by atoms with Crippen molar-refractivity contribution in [3.05, 3.63) is 35.9 Å². The van der Waals surface area contributed by atoms with Gasteiger partial charge in [0.2, 0.25) is 5.91 Å². The first-order valence-electron chi connectivity index (χ1n) is 6.78. The second-order valence-electron chi connectivity index (χ2n) is 5.15. The van der Waals surface area contributed by atoms with Crippen molar-refractivity contribution in [1.82, 2.24) is 4.90 Å². The Morgan fingerprint density at radius 2 is 2.17 bits per heavy atom. The molecule has 1 fully saturated rings. The smallest absolute Gasteiger partial charge is 0.239 e. The first-order valence-corrected chi connectivity index (χ1v) is 6.78. The highest BCUT2D eigenvalue weighted by atomic mass is 16.2. The molecule has 1 aromatic carbocycles. The molecule has 2 atom stereocenters. The molecule has 0 radical (unpaired) electrons. The number of carbonyl (C=O) groups excluding carboxylic acids is 1. The van der Waals surface area contributed by atoms with Crippen LogP contribution in [0, 0.1) is 0 Å². The summed E-state index contributed by atoms with van der Waals surface area (Å²) in [4.78, 5) is 14.1. The van der Waals surface area contributed by atoms with Crippen LogP contribution in [0.2, 0.25) is 0 Å². The van der Waals surface area contributed by atoms with Gasteiger partial charge in [-0.15, -0.1) is 0 Å². The Morgan fingerprint density at radius 3 is 2.78 bits per heavy atom. The fraction of sp³-hybridized carbons (Fsp3) is 0.533. The third-order valence-corrected chi connectivity index (χ3v) is 3.74. The van der Waals surface area contributed by atoms with Crippen molar-refractivity contribution in [3.63, 3.8) is 0 Å². The number of benzene rings is 1. The molecule has 2 N–H and O–H groups in total. The minimum absolute atomic E-state index is 0.121. The predicted octanol–water partition coefficient (Wildman–Crippen LogP) is 1.96. The van der Waals surface area contributed by atoms with Gasteiger partial charge in [0.05, 0.1) is 6.04 Å². The molecule has 98 valence electrons. The van der Waals surface area contributed by atoms with Gasteiger partial charge in [0, 0.05) is 12.6 Å². The number of hydrogen-bond donors (Lipinski definition) is 1. The third-order valence-electron chi connectivity index (χ3n) is 3.74. The van der Waals surface area contributed by atoms with Gasteiger partial charge < -0.3 is 10.6 Å². The lowest BCUT2D eigenvalue weighted by Crippen LogP contribution is -2.45. The van der Waals surface area contributed by atoms with E-state index in [0.717, 1.165) is 32.2 Å². The van der Waals surface area contributed by atoms with E-state index in [2.05, 4.69) is 19.1 Å². The lowest BCUT2D eigenvalue weighted by molar-refractivity contribution is -0.133. The van der Waals surface area contributed by atoms with Gasteiger partial charge in [0.25, 0.3) is 0 Å². The van der Waals surface area contributed by atoms with Crippen LogP contribution in [0.4, 0.5) is 0 Å². The zero-order chi connectivity index (χ0) is 13.0. The molecule has 2 unspecified atom stereocenters. The Balaban J connectivity index is 1.84. The predicted molar refractivity (Wildman–Crippen MR) is 73.1 cm³/mol. The summed E-state index contributed by atoms with van der Waals surface area (Å²) in [5.74, 6) is 0.121. The molecule has 0 bridgehead atoms. The van der Waals surface area contributed by atoms with E-state index in [1.165, 1.54) is 5.56 Å². The highest BCUT2D eigenvalue weighted by Crippen LogP contribution is 2.18. The average molecular weight is 246 g/mol. The van der Waals surface area contributed by atoms with Crippen LogP contribution in [0.1, 0.15) is 31.7 Å². The van der Waals surface area contributed by atoms with Gasteiger partial charge in [0.1, 0.15) is 0 Å². The molecule has 0 saturated carbocycles. The summed E-state index contributed by atoms with van der Waals surface area (Å²) in [7, 11) is 0. The average Bonchev–Trinajstić information content (AvgIpc) is 2.82. The van der Waals surface area contributed by atoms with E-state index in [4.69, 9.17) is 5.73 Å². The molecule has 2 rings (SSSR count). The van der Waals surface area contributed by atoms with Gasteiger partial charge in [0.15, 0.2) is 0 Å². The summed E-state index contributed by atoms with van der Waals surface area (Å²) in [5.41, 5.74) is 7.26. The van der Waals surface area contributed by atoms with Gasteiger partial charge in [-0.05, 0) is 38.2 Å². The number of nitrogens with zero attached hydrogens (tertiary/aromatic N) is 1. The van der Waals surface area contributed by atoms with Crippen LogP contribution < -0.4 is 5.73 Å². The second kappa shape index (κ2) is 6.01. The summed E-state index contributed by atoms with van der Waals surface area (Å²) >= 11 is 0. The highest BCUT2D eigenvalue weighted by Gasteiger charge is 2.28.